The third-order valence-corrected chi connectivity index (χ3v) is 3.95. The molecule has 4 nitrogen and oxygen atoms in total. The van der Waals surface area contributed by atoms with E-state index in [1.54, 1.807) is 18.4 Å². The van der Waals surface area contributed by atoms with Crippen LogP contribution in [-0.2, 0) is 4.74 Å². The van der Waals surface area contributed by atoms with Gasteiger partial charge >= 0.3 is 0 Å². The highest BCUT2D eigenvalue weighted by molar-refractivity contribution is 7.15. The summed E-state index contributed by atoms with van der Waals surface area (Å²) in [7, 11) is 1.76. The molecule has 1 aromatic heterocycles. The van der Waals surface area contributed by atoms with Crippen LogP contribution < -0.4 is 4.90 Å². The van der Waals surface area contributed by atoms with Gasteiger partial charge in [0.1, 0.15) is 5.01 Å². The van der Waals surface area contributed by atoms with E-state index < -0.39 is 0 Å². The molecule has 2 fully saturated rings. The molecule has 3 rings (SSSR count). The molecule has 0 atom stereocenters. The van der Waals surface area contributed by atoms with Crippen molar-refractivity contribution in [3.8, 4) is 0 Å². The van der Waals surface area contributed by atoms with Gasteiger partial charge in [-0.1, -0.05) is 11.3 Å². The number of rotatable bonds is 3. The molecule has 1 saturated heterocycles. The highest BCUT2D eigenvalue weighted by atomic mass is 32.1. The quantitative estimate of drug-likeness (QED) is 0.754. The minimum absolute atomic E-state index is 0.392. The van der Waals surface area contributed by atoms with Crippen LogP contribution in [0.15, 0.2) is 0 Å². The predicted octanol–water partition coefficient (Wildman–Crippen LogP) is 1.25. The molecule has 0 bridgehead atoms. The van der Waals surface area contributed by atoms with E-state index >= 15 is 0 Å². The van der Waals surface area contributed by atoms with Crippen molar-refractivity contribution in [2.45, 2.75) is 24.9 Å². The van der Waals surface area contributed by atoms with Crippen molar-refractivity contribution in [1.82, 2.24) is 10.2 Å². The summed E-state index contributed by atoms with van der Waals surface area (Å²) in [6, 6.07) is 0. The molecule has 1 aromatic rings. The van der Waals surface area contributed by atoms with Gasteiger partial charge in [0, 0.05) is 26.1 Å². The standard InChI is InChI=1S/C9H13N3OS/c1-13-7-4-12(5-7)9-11-10-8(14-9)6-2-3-6/h6-7H,2-5H2,1H3. The molecule has 1 aliphatic heterocycles. The molecule has 0 aromatic carbocycles. The van der Waals surface area contributed by atoms with Crippen LogP contribution in [0.1, 0.15) is 23.8 Å². The molecule has 2 aliphatic rings. The summed E-state index contributed by atoms with van der Waals surface area (Å²) in [5.41, 5.74) is 0. The van der Waals surface area contributed by atoms with Crippen molar-refractivity contribution < 1.29 is 4.74 Å². The average molecular weight is 211 g/mol. The lowest BCUT2D eigenvalue weighted by Gasteiger charge is -2.37. The van der Waals surface area contributed by atoms with Crippen LogP contribution in [0, 0.1) is 0 Å². The third-order valence-electron chi connectivity index (χ3n) is 2.81. The molecule has 0 N–H and O–H groups in total. The van der Waals surface area contributed by atoms with E-state index in [2.05, 4.69) is 15.1 Å². The number of hydrogen-bond acceptors (Lipinski definition) is 5. The van der Waals surface area contributed by atoms with Gasteiger partial charge in [-0.2, -0.15) is 0 Å². The Balaban J connectivity index is 1.66. The molecular weight excluding hydrogens is 198 g/mol. The number of aromatic nitrogens is 2. The zero-order valence-electron chi connectivity index (χ0n) is 8.14. The Hall–Kier alpha value is -0.680. The topological polar surface area (TPSA) is 38.2 Å². The summed E-state index contributed by atoms with van der Waals surface area (Å²) < 4.78 is 5.22. The molecule has 2 heterocycles. The van der Waals surface area contributed by atoms with Crippen molar-refractivity contribution in [2.75, 3.05) is 25.1 Å². The lowest BCUT2D eigenvalue weighted by molar-refractivity contribution is 0.0787. The van der Waals surface area contributed by atoms with Crippen molar-refractivity contribution in [3.63, 3.8) is 0 Å². The summed E-state index contributed by atoms with van der Waals surface area (Å²) >= 11 is 1.75. The summed E-state index contributed by atoms with van der Waals surface area (Å²) in [4.78, 5) is 2.23. The van der Waals surface area contributed by atoms with Crippen LogP contribution in [-0.4, -0.2) is 36.5 Å². The average Bonchev–Trinajstić information content (AvgIpc) is 2.86. The first-order valence-electron chi connectivity index (χ1n) is 4.98. The largest absolute Gasteiger partial charge is 0.378 e. The zero-order valence-corrected chi connectivity index (χ0v) is 8.96. The maximum absolute atomic E-state index is 5.22. The summed E-state index contributed by atoms with van der Waals surface area (Å²) in [6.07, 6.45) is 2.99. The number of hydrogen-bond donors (Lipinski definition) is 0. The predicted molar refractivity (Wildman–Crippen MR) is 54.9 cm³/mol. The van der Waals surface area contributed by atoms with Crippen LogP contribution in [0.4, 0.5) is 5.13 Å². The second kappa shape index (κ2) is 3.17. The monoisotopic (exact) mass is 211 g/mol. The molecule has 0 spiro atoms. The van der Waals surface area contributed by atoms with Crippen molar-refractivity contribution in [2.24, 2.45) is 0 Å². The van der Waals surface area contributed by atoms with E-state index in [0.29, 0.717) is 6.10 Å². The second-order valence-electron chi connectivity index (χ2n) is 3.96. The maximum Gasteiger partial charge on any atom is 0.208 e. The fourth-order valence-electron chi connectivity index (χ4n) is 1.59. The van der Waals surface area contributed by atoms with Gasteiger partial charge in [-0.25, -0.2) is 0 Å². The van der Waals surface area contributed by atoms with Crippen LogP contribution in [0.2, 0.25) is 0 Å². The van der Waals surface area contributed by atoms with Crippen LogP contribution in [0.25, 0.3) is 0 Å². The number of ether oxygens (including phenoxy) is 1. The van der Waals surface area contributed by atoms with E-state index in [4.69, 9.17) is 4.74 Å². The first kappa shape index (κ1) is 8.61. The molecule has 5 heteroatoms. The zero-order chi connectivity index (χ0) is 9.54. The van der Waals surface area contributed by atoms with Gasteiger partial charge in [-0.15, -0.1) is 10.2 Å². The van der Waals surface area contributed by atoms with Crippen LogP contribution in [0.5, 0.6) is 0 Å². The highest BCUT2D eigenvalue weighted by Crippen LogP contribution is 2.43. The van der Waals surface area contributed by atoms with Crippen molar-refractivity contribution in [3.05, 3.63) is 5.01 Å². The Bertz CT molecular complexity index is 331. The fourth-order valence-corrected chi connectivity index (χ4v) is 2.62. The summed E-state index contributed by atoms with van der Waals surface area (Å²) in [6.45, 7) is 1.94. The first-order valence-corrected chi connectivity index (χ1v) is 5.79. The molecule has 0 amide bonds. The number of anilines is 1. The van der Waals surface area contributed by atoms with E-state index in [1.165, 1.54) is 17.8 Å². The Morgan fingerprint density at radius 2 is 2.14 bits per heavy atom. The van der Waals surface area contributed by atoms with Gasteiger partial charge < -0.3 is 9.64 Å². The van der Waals surface area contributed by atoms with Crippen LogP contribution in [0.3, 0.4) is 0 Å². The molecular formula is C9H13N3OS. The Labute approximate surface area is 86.9 Å². The first-order chi connectivity index (χ1) is 6.86. The second-order valence-corrected chi connectivity index (χ2v) is 4.95. The lowest BCUT2D eigenvalue weighted by Crippen LogP contribution is -2.51. The highest BCUT2D eigenvalue weighted by Gasteiger charge is 2.32. The summed E-state index contributed by atoms with van der Waals surface area (Å²) in [5, 5.41) is 10.7. The number of methoxy groups -OCH3 is 1. The molecule has 76 valence electrons. The van der Waals surface area contributed by atoms with Crippen molar-refractivity contribution >= 4 is 16.5 Å². The van der Waals surface area contributed by atoms with Gasteiger partial charge in [0.2, 0.25) is 5.13 Å². The maximum atomic E-state index is 5.22. The molecule has 0 radical (unpaired) electrons. The fraction of sp³-hybridized carbons (Fsp3) is 0.778. The Morgan fingerprint density at radius 3 is 2.79 bits per heavy atom. The van der Waals surface area contributed by atoms with Gasteiger partial charge in [0.15, 0.2) is 0 Å². The van der Waals surface area contributed by atoms with Gasteiger partial charge in [0.25, 0.3) is 0 Å². The van der Waals surface area contributed by atoms with Crippen molar-refractivity contribution in [1.29, 1.82) is 0 Å². The van der Waals surface area contributed by atoms with Gasteiger partial charge in [-0.3, -0.25) is 0 Å². The molecule has 14 heavy (non-hydrogen) atoms. The Morgan fingerprint density at radius 1 is 1.36 bits per heavy atom. The SMILES string of the molecule is COC1CN(c2nnc(C3CC3)s2)C1. The molecule has 1 saturated carbocycles. The molecule has 1 aliphatic carbocycles. The number of nitrogens with zero attached hydrogens (tertiary/aromatic N) is 3. The van der Waals surface area contributed by atoms with Gasteiger partial charge in [-0.05, 0) is 12.8 Å². The molecule has 0 unspecified atom stereocenters. The normalized spacial score (nSPS) is 22.5. The smallest absolute Gasteiger partial charge is 0.208 e. The van der Waals surface area contributed by atoms with E-state index in [0.717, 1.165) is 24.1 Å². The third kappa shape index (κ3) is 1.40. The van der Waals surface area contributed by atoms with E-state index in [9.17, 15) is 0 Å². The summed E-state index contributed by atoms with van der Waals surface area (Å²) in [5.74, 6) is 0.723. The van der Waals surface area contributed by atoms with Crippen LogP contribution >= 0.6 is 11.3 Å². The van der Waals surface area contributed by atoms with E-state index in [-0.39, 0.29) is 0 Å². The Kier molecular flexibility index (Phi) is 1.95. The minimum atomic E-state index is 0.392. The minimum Gasteiger partial charge on any atom is -0.378 e. The lowest BCUT2D eigenvalue weighted by atomic mass is 10.2. The van der Waals surface area contributed by atoms with E-state index in [1.807, 2.05) is 0 Å². The van der Waals surface area contributed by atoms with Gasteiger partial charge in [0.05, 0.1) is 6.10 Å².